The number of rotatable bonds is 7. The SMILES string of the molecule is Cc1ccc(-c2noc(CCC(=O)NCc3ccnc(N4CCOCC4)c3)n2)cc1F. The Hall–Kier alpha value is -3.33. The van der Waals surface area contributed by atoms with E-state index in [9.17, 15) is 9.18 Å². The number of aromatic nitrogens is 3. The summed E-state index contributed by atoms with van der Waals surface area (Å²) >= 11 is 0. The van der Waals surface area contributed by atoms with Crippen LogP contribution in [0.25, 0.3) is 11.4 Å². The van der Waals surface area contributed by atoms with Gasteiger partial charge in [-0.3, -0.25) is 4.79 Å². The molecule has 162 valence electrons. The minimum Gasteiger partial charge on any atom is -0.378 e. The first-order valence-electron chi connectivity index (χ1n) is 10.2. The van der Waals surface area contributed by atoms with Gasteiger partial charge in [0.1, 0.15) is 11.6 Å². The monoisotopic (exact) mass is 425 g/mol. The van der Waals surface area contributed by atoms with E-state index in [0.717, 1.165) is 24.5 Å². The van der Waals surface area contributed by atoms with Crippen LogP contribution in [0.2, 0.25) is 0 Å². The number of nitrogens with zero attached hydrogens (tertiary/aromatic N) is 4. The number of halogens is 1. The fourth-order valence-corrected chi connectivity index (χ4v) is 3.25. The van der Waals surface area contributed by atoms with Crippen LogP contribution in [0.15, 0.2) is 41.1 Å². The number of anilines is 1. The van der Waals surface area contributed by atoms with E-state index >= 15 is 0 Å². The molecule has 9 heteroatoms. The second-order valence-electron chi connectivity index (χ2n) is 7.37. The number of hydrogen-bond acceptors (Lipinski definition) is 7. The van der Waals surface area contributed by atoms with Crippen LogP contribution in [0.1, 0.15) is 23.4 Å². The first-order chi connectivity index (χ1) is 15.1. The Bertz CT molecular complexity index is 1050. The van der Waals surface area contributed by atoms with Gasteiger partial charge in [0, 0.05) is 44.2 Å². The summed E-state index contributed by atoms with van der Waals surface area (Å²) in [5, 5.41) is 6.78. The molecule has 1 aromatic carbocycles. The summed E-state index contributed by atoms with van der Waals surface area (Å²) in [6.07, 6.45) is 2.27. The molecule has 8 nitrogen and oxygen atoms in total. The van der Waals surface area contributed by atoms with Gasteiger partial charge in [0.05, 0.1) is 13.2 Å². The number of nitrogens with one attached hydrogen (secondary N) is 1. The zero-order valence-corrected chi connectivity index (χ0v) is 17.3. The van der Waals surface area contributed by atoms with Crippen molar-refractivity contribution in [2.45, 2.75) is 26.3 Å². The highest BCUT2D eigenvalue weighted by Crippen LogP contribution is 2.19. The van der Waals surface area contributed by atoms with Crippen LogP contribution in [0.3, 0.4) is 0 Å². The third-order valence-corrected chi connectivity index (χ3v) is 5.10. The predicted octanol–water partition coefficient (Wildman–Crippen LogP) is 2.66. The van der Waals surface area contributed by atoms with E-state index < -0.39 is 0 Å². The Balaban J connectivity index is 1.27. The lowest BCUT2D eigenvalue weighted by molar-refractivity contribution is -0.121. The molecule has 1 amide bonds. The smallest absolute Gasteiger partial charge is 0.227 e. The average Bonchev–Trinajstić information content (AvgIpc) is 3.28. The average molecular weight is 425 g/mol. The Morgan fingerprint density at radius 1 is 1.23 bits per heavy atom. The number of hydrogen-bond donors (Lipinski definition) is 1. The zero-order chi connectivity index (χ0) is 21.6. The highest BCUT2D eigenvalue weighted by atomic mass is 19.1. The lowest BCUT2D eigenvalue weighted by Gasteiger charge is -2.28. The molecule has 0 aliphatic carbocycles. The number of aryl methyl sites for hydroxylation is 2. The summed E-state index contributed by atoms with van der Waals surface area (Å²) in [7, 11) is 0. The molecule has 3 aromatic rings. The maximum Gasteiger partial charge on any atom is 0.227 e. The number of pyridine rings is 1. The first-order valence-corrected chi connectivity index (χ1v) is 10.2. The molecule has 0 atom stereocenters. The number of morpholine rings is 1. The zero-order valence-electron chi connectivity index (χ0n) is 17.3. The normalized spacial score (nSPS) is 13.9. The van der Waals surface area contributed by atoms with Crippen molar-refractivity contribution in [1.29, 1.82) is 0 Å². The van der Waals surface area contributed by atoms with Crippen molar-refractivity contribution in [1.82, 2.24) is 20.4 Å². The molecule has 1 aliphatic rings. The van der Waals surface area contributed by atoms with E-state index in [2.05, 4.69) is 25.3 Å². The fraction of sp³-hybridized carbons (Fsp3) is 0.364. The van der Waals surface area contributed by atoms with Gasteiger partial charge in [0.25, 0.3) is 0 Å². The van der Waals surface area contributed by atoms with Gasteiger partial charge in [-0.2, -0.15) is 4.98 Å². The maximum atomic E-state index is 13.7. The molecule has 31 heavy (non-hydrogen) atoms. The lowest BCUT2D eigenvalue weighted by atomic mass is 10.1. The number of amides is 1. The summed E-state index contributed by atoms with van der Waals surface area (Å²) in [5.41, 5.74) is 2.07. The fourth-order valence-electron chi connectivity index (χ4n) is 3.25. The van der Waals surface area contributed by atoms with Crippen LogP contribution in [-0.4, -0.2) is 47.3 Å². The number of carbonyl (C=O) groups is 1. The third kappa shape index (κ3) is 5.43. The quantitative estimate of drug-likeness (QED) is 0.622. The highest BCUT2D eigenvalue weighted by Gasteiger charge is 2.14. The van der Waals surface area contributed by atoms with Crippen LogP contribution < -0.4 is 10.2 Å². The minimum absolute atomic E-state index is 0.120. The second-order valence-corrected chi connectivity index (χ2v) is 7.37. The van der Waals surface area contributed by atoms with Crippen molar-refractivity contribution in [3.05, 3.63) is 59.4 Å². The van der Waals surface area contributed by atoms with Crippen molar-refractivity contribution >= 4 is 11.7 Å². The van der Waals surface area contributed by atoms with E-state index in [-0.39, 0.29) is 18.1 Å². The molecule has 1 saturated heterocycles. The van der Waals surface area contributed by atoms with Gasteiger partial charge in [-0.05, 0) is 36.2 Å². The number of carbonyl (C=O) groups excluding carboxylic acids is 1. The summed E-state index contributed by atoms with van der Waals surface area (Å²) in [6, 6.07) is 8.64. The van der Waals surface area contributed by atoms with E-state index in [1.165, 1.54) is 6.07 Å². The largest absolute Gasteiger partial charge is 0.378 e. The molecule has 1 aliphatic heterocycles. The Kier molecular flexibility index (Phi) is 6.51. The minimum atomic E-state index is -0.323. The lowest BCUT2D eigenvalue weighted by Crippen LogP contribution is -2.36. The van der Waals surface area contributed by atoms with Gasteiger partial charge in [0.2, 0.25) is 17.6 Å². The Morgan fingerprint density at radius 2 is 2.06 bits per heavy atom. The maximum absolute atomic E-state index is 13.7. The topological polar surface area (TPSA) is 93.4 Å². The summed E-state index contributed by atoms with van der Waals surface area (Å²) in [6.45, 7) is 5.11. The molecule has 1 N–H and O–H groups in total. The molecule has 0 bridgehead atoms. The molecule has 0 saturated carbocycles. The second kappa shape index (κ2) is 9.65. The summed E-state index contributed by atoms with van der Waals surface area (Å²) in [4.78, 5) is 23.1. The van der Waals surface area contributed by atoms with Crippen LogP contribution in [0.4, 0.5) is 10.2 Å². The van der Waals surface area contributed by atoms with E-state index in [1.807, 2.05) is 12.1 Å². The van der Waals surface area contributed by atoms with Gasteiger partial charge < -0.3 is 19.5 Å². The van der Waals surface area contributed by atoms with Gasteiger partial charge in [0.15, 0.2) is 0 Å². The van der Waals surface area contributed by atoms with E-state index in [4.69, 9.17) is 9.26 Å². The Labute approximate surface area is 179 Å². The highest BCUT2D eigenvalue weighted by molar-refractivity contribution is 5.76. The molecule has 0 radical (unpaired) electrons. The molecule has 3 heterocycles. The molecular formula is C22H24FN5O3. The van der Waals surface area contributed by atoms with E-state index in [0.29, 0.717) is 49.0 Å². The molecular weight excluding hydrogens is 401 g/mol. The Morgan fingerprint density at radius 3 is 2.87 bits per heavy atom. The summed E-state index contributed by atoms with van der Waals surface area (Å²) in [5.74, 6) is 1.09. The molecule has 4 rings (SSSR count). The molecule has 2 aromatic heterocycles. The van der Waals surface area contributed by atoms with Crippen LogP contribution in [-0.2, 0) is 22.5 Å². The van der Waals surface area contributed by atoms with Crippen molar-refractivity contribution in [2.24, 2.45) is 0 Å². The number of ether oxygens (including phenoxy) is 1. The van der Waals surface area contributed by atoms with Gasteiger partial charge in [-0.15, -0.1) is 0 Å². The first kappa shape index (κ1) is 20.9. The predicted molar refractivity (Wildman–Crippen MR) is 112 cm³/mol. The summed E-state index contributed by atoms with van der Waals surface area (Å²) < 4.78 is 24.3. The van der Waals surface area contributed by atoms with Crippen molar-refractivity contribution in [2.75, 3.05) is 31.2 Å². The van der Waals surface area contributed by atoms with E-state index in [1.54, 1.807) is 25.3 Å². The van der Waals surface area contributed by atoms with Crippen LogP contribution >= 0.6 is 0 Å². The number of benzene rings is 1. The molecule has 1 fully saturated rings. The standard InChI is InChI=1S/C22H24FN5O3/c1-15-2-3-17(13-18(15)23)22-26-21(31-27-22)5-4-20(29)25-14-16-6-7-24-19(12-16)28-8-10-30-11-9-28/h2-3,6-7,12-13H,4-5,8-11,14H2,1H3,(H,25,29). The van der Waals surface area contributed by atoms with Crippen molar-refractivity contribution in [3.63, 3.8) is 0 Å². The molecule has 0 spiro atoms. The van der Waals surface area contributed by atoms with Crippen molar-refractivity contribution in [3.8, 4) is 11.4 Å². The van der Waals surface area contributed by atoms with Crippen molar-refractivity contribution < 1.29 is 18.4 Å². The molecule has 0 unspecified atom stereocenters. The van der Waals surface area contributed by atoms with Gasteiger partial charge in [-0.25, -0.2) is 9.37 Å². The third-order valence-electron chi connectivity index (χ3n) is 5.10. The van der Waals surface area contributed by atoms with Gasteiger partial charge >= 0.3 is 0 Å². The van der Waals surface area contributed by atoms with Gasteiger partial charge in [-0.1, -0.05) is 17.3 Å². The van der Waals surface area contributed by atoms with Crippen LogP contribution in [0, 0.1) is 12.7 Å². The van der Waals surface area contributed by atoms with Crippen LogP contribution in [0.5, 0.6) is 0 Å².